The van der Waals surface area contributed by atoms with Crippen LogP contribution in [0, 0.1) is 0 Å². The van der Waals surface area contributed by atoms with E-state index in [1.807, 2.05) is 0 Å². The smallest absolute Gasteiger partial charge is 0.329 e. The monoisotopic (exact) mass is 273 g/mol. The summed E-state index contributed by atoms with van der Waals surface area (Å²) in [5, 5.41) is 12.1. The van der Waals surface area contributed by atoms with Crippen molar-refractivity contribution in [2.24, 2.45) is 0 Å². The molecule has 2 N–H and O–H groups in total. The van der Waals surface area contributed by atoms with Gasteiger partial charge in [0.05, 0.1) is 0 Å². The molecule has 0 radical (unpaired) electrons. The minimum atomic E-state index is -1.11. The van der Waals surface area contributed by atoms with Gasteiger partial charge in [-0.2, -0.15) is 0 Å². The van der Waals surface area contributed by atoms with Gasteiger partial charge in [-0.3, -0.25) is 4.79 Å². The van der Waals surface area contributed by atoms with E-state index in [-0.39, 0.29) is 5.56 Å². The molecule has 1 fully saturated rings. The highest BCUT2D eigenvalue weighted by molar-refractivity contribution is 6.35. The summed E-state index contributed by atoms with van der Waals surface area (Å²) in [6, 6.07) is 4.39. The Morgan fingerprint density at radius 3 is 2.12 bits per heavy atom. The summed E-state index contributed by atoms with van der Waals surface area (Å²) < 4.78 is 0. The zero-order valence-electron chi connectivity index (χ0n) is 8.67. The van der Waals surface area contributed by atoms with Crippen LogP contribution < -0.4 is 5.32 Å². The molecule has 1 aromatic rings. The molecule has 0 bridgehead atoms. The average Bonchev–Trinajstić information content (AvgIpc) is 2.97. The van der Waals surface area contributed by atoms with Crippen LogP contribution >= 0.6 is 23.2 Å². The highest BCUT2D eigenvalue weighted by Gasteiger charge is 2.51. The second kappa shape index (κ2) is 4.20. The molecular formula is C11H9Cl2NO3. The average molecular weight is 274 g/mol. The van der Waals surface area contributed by atoms with Crippen molar-refractivity contribution >= 4 is 35.1 Å². The first-order chi connectivity index (χ1) is 7.93. The van der Waals surface area contributed by atoms with Crippen molar-refractivity contribution in [3.05, 3.63) is 33.8 Å². The van der Waals surface area contributed by atoms with Gasteiger partial charge in [0.25, 0.3) is 5.91 Å². The SMILES string of the molecule is O=C(NC1(C(=O)O)CC1)c1cc(Cl)cc(Cl)c1. The van der Waals surface area contributed by atoms with Crippen molar-refractivity contribution < 1.29 is 14.7 Å². The number of nitrogens with one attached hydrogen (secondary N) is 1. The van der Waals surface area contributed by atoms with Gasteiger partial charge < -0.3 is 10.4 Å². The second-order valence-corrected chi connectivity index (χ2v) is 4.87. The fourth-order valence-electron chi connectivity index (χ4n) is 1.49. The molecule has 17 heavy (non-hydrogen) atoms. The molecule has 1 amide bonds. The predicted octanol–water partition coefficient (Wildman–Crippen LogP) is 2.34. The standard InChI is InChI=1S/C11H9Cl2NO3/c12-7-3-6(4-8(13)5-7)9(15)14-11(1-2-11)10(16)17/h3-5H,1-2H2,(H,14,15)(H,16,17). The maximum atomic E-state index is 11.8. The van der Waals surface area contributed by atoms with Crippen LogP contribution in [0.25, 0.3) is 0 Å². The molecule has 1 aromatic carbocycles. The van der Waals surface area contributed by atoms with E-state index in [2.05, 4.69) is 5.32 Å². The van der Waals surface area contributed by atoms with Gasteiger partial charge in [-0.25, -0.2) is 4.79 Å². The van der Waals surface area contributed by atoms with Gasteiger partial charge in [-0.05, 0) is 31.0 Å². The summed E-state index contributed by atoms with van der Waals surface area (Å²) in [6.07, 6.45) is 0.894. The number of amides is 1. The molecule has 1 aliphatic rings. The molecule has 1 saturated carbocycles. The maximum Gasteiger partial charge on any atom is 0.329 e. The van der Waals surface area contributed by atoms with Crippen LogP contribution in [0.15, 0.2) is 18.2 Å². The van der Waals surface area contributed by atoms with Gasteiger partial charge in [0.15, 0.2) is 0 Å². The fraction of sp³-hybridized carbons (Fsp3) is 0.273. The number of hydrogen-bond acceptors (Lipinski definition) is 2. The number of carboxylic acids is 1. The van der Waals surface area contributed by atoms with Gasteiger partial charge in [0, 0.05) is 15.6 Å². The van der Waals surface area contributed by atoms with Crippen molar-refractivity contribution in [2.75, 3.05) is 0 Å². The largest absolute Gasteiger partial charge is 0.480 e. The Hall–Kier alpha value is -1.26. The molecule has 6 heteroatoms. The number of carbonyl (C=O) groups excluding carboxylic acids is 1. The number of hydrogen-bond donors (Lipinski definition) is 2. The van der Waals surface area contributed by atoms with Crippen LogP contribution in [-0.2, 0) is 4.79 Å². The topological polar surface area (TPSA) is 66.4 Å². The summed E-state index contributed by atoms with van der Waals surface area (Å²) in [5.41, 5.74) is -0.846. The van der Waals surface area contributed by atoms with Crippen molar-refractivity contribution in [1.29, 1.82) is 0 Å². The van der Waals surface area contributed by atoms with Crippen molar-refractivity contribution in [3.63, 3.8) is 0 Å². The van der Waals surface area contributed by atoms with E-state index >= 15 is 0 Å². The fourth-order valence-corrected chi connectivity index (χ4v) is 2.02. The van der Waals surface area contributed by atoms with Crippen molar-refractivity contribution in [1.82, 2.24) is 5.32 Å². The van der Waals surface area contributed by atoms with E-state index in [9.17, 15) is 9.59 Å². The molecule has 0 spiro atoms. The van der Waals surface area contributed by atoms with Crippen LogP contribution in [0.5, 0.6) is 0 Å². The Morgan fingerprint density at radius 1 is 1.18 bits per heavy atom. The van der Waals surface area contributed by atoms with Crippen LogP contribution in [0.3, 0.4) is 0 Å². The maximum absolute atomic E-state index is 11.8. The van der Waals surface area contributed by atoms with E-state index in [1.165, 1.54) is 18.2 Å². The molecular weight excluding hydrogens is 265 g/mol. The molecule has 0 atom stereocenters. The zero-order chi connectivity index (χ0) is 12.6. The third kappa shape index (κ3) is 2.53. The lowest BCUT2D eigenvalue weighted by molar-refractivity contribution is -0.140. The molecule has 0 heterocycles. The van der Waals surface area contributed by atoms with Gasteiger partial charge in [-0.15, -0.1) is 0 Å². The number of benzene rings is 1. The highest BCUT2D eigenvalue weighted by Crippen LogP contribution is 2.36. The van der Waals surface area contributed by atoms with Crippen molar-refractivity contribution in [2.45, 2.75) is 18.4 Å². The molecule has 0 unspecified atom stereocenters. The van der Waals surface area contributed by atoms with E-state index in [0.29, 0.717) is 22.9 Å². The Bertz CT molecular complexity index is 477. The van der Waals surface area contributed by atoms with Crippen LogP contribution in [0.4, 0.5) is 0 Å². The van der Waals surface area contributed by atoms with E-state index < -0.39 is 17.4 Å². The first kappa shape index (κ1) is 12.2. The molecule has 1 aliphatic carbocycles. The van der Waals surface area contributed by atoms with Crippen LogP contribution in [0.1, 0.15) is 23.2 Å². The summed E-state index contributed by atoms with van der Waals surface area (Å²) in [6.45, 7) is 0. The lowest BCUT2D eigenvalue weighted by Gasteiger charge is -2.12. The molecule has 0 saturated heterocycles. The summed E-state index contributed by atoms with van der Waals surface area (Å²) in [4.78, 5) is 22.7. The lowest BCUT2D eigenvalue weighted by Crippen LogP contribution is -2.43. The van der Waals surface area contributed by atoms with E-state index in [1.54, 1.807) is 0 Å². The summed E-state index contributed by atoms with van der Waals surface area (Å²) in [7, 11) is 0. The Labute approximate surface area is 108 Å². The number of carboxylic acid groups (broad SMARTS) is 1. The van der Waals surface area contributed by atoms with Crippen LogP contribution in [-0.4, -0.2) is 22.5 Å². The van der Waals surface area contributed by atoms with Crippen molar-refractivity contribution in [3.8, 4) is 0 Å². The van der Waals surface area contributed by atoms with E-state index in [4.69, 9.17) is 28.3 Å². The van der Waals surface area contributed by atoms with Crippen LogP contribution in [0.2, 0.25) is 10.0 Å². The van der Waals surface area contributed by atoms with E-state index in [0.717, 1.165) is 0 Å². The molecule has 2 rings (SSSR count). The molecule has 0 aromatic heterocycles. The number of aliphatic carboxylic acids is 1. The summed E-state index contributed by atoms with van der Waals surface area (Å²) in [5.74, 6) is -1.49. The third-order valence-electron chi connectivity index (χ3n) is 2.64. The Balaban J connectivity index is 2.18. The van der Waals surface area contributed by atoms with Gasteiger partial charge in [0.1, 0.15) is 5.54 Å². The van der Waals surface area contributed by atoms with Gasteiger partial charge >= 0.3 is 5.97 Å². The molecule has 0 aliphatic heterocycles. The lowest BCUT2D eigenvalue weighted by atomic mass is 10.2. The highest BCUT2D eigenvalue weighted by atomic mass is 35.5. The summed E-state index contributed by atoms with van der Waals surface area (Å²) >= 11 is 11.5. The number of carbonyl (C=O) groups is 2. The Kier molecular flexibility index (Phi) is 3.02. The quantitative estimate of drug-likeness (QED) is 0.889. The predicted molar refractivity (Wildman–Crippen MR) is 63.5 cm³/mol. The van der Waals surface area contributed by atoms with Gasteiger partial charge in [-0.1, -0.05) is 23.2 Å². The number of rotatable bonds is 3. The minimum absolute atomic E-state index is 0.259. The third-order valence-corrected chi connectivity index (χ3v) is 3.07. The first-order valence-electron chi connectivity index (χ1n) is 4.95. The molecule has 90 valence electrons. The second-order valence-electron chi connectivity index (χ2n) is 4.00. The Morgan fingerprint density at radius 2 is 1.71 bits per heavy atom. The van der Waals surface area contributed by atoms with Gasteiger partial charge in [0.2, 0.25) is 0 Å². The zero-order valence-corrected chi connectivity index (χ0v) is 10.2. The number of halogens is 2. The first-order valence-corrected chi connectivity index (χ1v) is 5.70. The molecule has 4 nitrogen and oxygen atoms in total. The normalized spacial score (nSPS) is 16.4. The minimum Gasteiger partial charge on any atom is -0.480 e.